The number of cyclic esters (lactones) is 1. The maximum absolute atomic E-state index is 10.8. The Bertz CT molecular complexity index is 174. The summed E-state index contributed by atoms with van der Waals surface area (Å²) in [6.07, 6.45) is 1.67. The number of ether oxygens (including phenoxy) is 1. The van der Waals surface area contributed by atoms with Gasteiger partial charge in [0.25, 0.3) is 0 Å². The lowest BCUT2D eigenvalue weighted by molar-refractivity contribution is 0.164. The van der Waals surface area contributed by atoms with Crippen LogP contribution >= 0.6 is 0 Å². The van der Waals surface area contributed by atoms with Crippen molar-refractivity contribution in [1.29, 1.82) is 0 Å². The predicted octanol–water partition coefficient (Wildman–Crippen LogP) is 1.36. The lowest BCUT2D eigenvalue weighted by Crippen LogP contribution is -2.21. The second-order valence-corrected chi connectivity index (χ2v) is 2.20. The topological polar surface area (TPSA) is 29.5 Å². The second-order valence-electron chi connectivity index (χ2n) is 2.20. The minimum atomic E-state index is -0.226. The van der Waals surface area contributed by atoms with Crippen molar-refractivity contribution in [2.75, 3.05) is 13.2 Å². The van der Waals surface area contributed by atoms with Gasteiger partial charge in [-0.15, -0.1) is 0 Å². The Balaban J connectivity index is 2.64. The molecule has 0 aromatic heterocycles. The number of hydrogen-bond donors (Lipinski definition) is 0. The summed E-state index contributed by atoms with van der Waals surface area (Å²) in [4.78, 5) is 12.5. The molecule has 1 aliphatic rings. The summed E-state index contributed by atoms with van der Waals surface area (Å²) >= 11 is 0. The molecule has 0 atom stereocenters. The highest BCUT2D eigenvalue weighted by atomic mass is 16.6. The molecule has 0 radical (unpaired) electrons. The molecule has 1 rings (SSSR count). The Labute approximate surface area is 60.3 Å². The average Bonchev–Trinajstić information content (AvgIpc) is 2.34. The quantitative estimate of drug-likeness (QED) is 0.551. The number of allylic oxidation sites excluding steroid dienone is 2. The molecule has 1 fully saturated rings. The summed E-state index contributed by atoms with van der Waals surface area (Å²) in [6, 6.07) is 0. The van der Waals surface area contributed by atoms with E-state index in [0.29, 0.717) is 13.2 Å². The molecule has 0 spiro atoms. The molecule has 1 saturated heterocycles. The van der Waals surface area contributed by atoms with E-state index in [1.165, 1.54) is 0 Å². The average molecular weight is 141 g/mol. The van der Waals surface area contributed by atoms with E-state index in [2.05, 4.69) is 0 Å². The van der Waals surface area contributed by atoms with Crippen LogP contribution in [-0.2, 0) is 4.74 Å². The standard InChI is InChI=1S/C7H11NO2/c1-3-6(2)8-4-5-10-7(8)9/h3H,4-5H2,1-2H3/b6-3+. The van der Waals surface area contributed by atoms with Crippen LogP contribution in [0.1, 0.15) is 13.8 Å². The summed E-state index contributed by atoms with van der Waals surface area (Å²) in [6.45, 7) is 5.01. The molecule has 10 heavy (non-hydrogen) atoms. The van der Waals surface area contributed by atoms with Gasteiger partial charge in [0.2, 0.25) is 0 Å². The fourth-order valence-corrected chi connectivity index (χ4v) is 0.870. The normalized spacial score (nSPS) is 19.6. The first-order valence-corrected chi connectivity index (χ1v) is 3.33. The molecule has 0 bridgehead atoms. The van der Waals surface area contributed by atoms with E-state index < -0.39 is 0 Å². The third-order valence-corrected chi connectivity index (χ3v) is 1.60. The van der Waals surface area contributed by atoms with Crippen molar-refractivity contribution >= 4 is 6.09 Å². The van der Waals surface area contributed by atoms with Gasteiger partial charge < -0.3 is 4.74 Å². The van der Waals surface area contributed by atoms with E-state index >= 15 is 0 Å². The van der Waals surface area contributed by atoms with E-state index in [-0.39, 0.29) is 6.09 Å². The minimum absolute atomic E-state index is 0.226. The number of hydrogen-bond acceptors (Lipinski definition) is 2. The molecule has 0 saturated carbocycles. The number of carbonyl (C=O) groups is 1. The van der Waals surface area contributed by atoms with Crippen molar-refractivity contribution in [3.05, 3.63) is 11.8 Å². The number of rotatable bonds is 1. The lowest BCUT2D eigenvalue weighted by atomic mass is 10.4. The van der Waals surface area contributed by atoms with Crippen LogP contribution in [0.3, 0.4) is 0 Å². The van der Waals surface area contributed by atoms with E-state index in [1.54, 1.807) is 4.90 Å². The lowest BCUT2D eigenvalue weighted by Gasteiger charge is -2.11. The Morgan fingerprint density at radius 2 is 2.50 bits per heavy atom. The fourth-order valence-electron chi connectivity index (χ4n) is 0.870. The van der Waals surface area contributed by atoms with E-state index in [4.69, 9.17) is 4.74 Å². The van der Waals surface area contributed by atoms with Crippen molar-refractivity contribution in [3.63, 3.8) is 0 Å². The van der Waals surface area contributed by atoms with Crippen LogP contribution in [0.2, 0.25) is 0 Å². The Morgan fingerprint density at radius 3 is 2.90 bits per heavy atom. The van der Waals surface area contributed by atoms with Crippen LogP contribution in [0.4, 0.5) is 4.79 Å². The van der Waals surface area contributed by atoms with Gasteiger partial charge in [-0.25, -0.2) is 4.79 Å². The zero-order valence-electron chi connectivity index (χ0n) is 6.26. The van der Waals surface area contributed by atoms with Gasteiger partial charge in [0, 0.05) is 5.70 Å². The zero-order valence-corrected chi connectivity index (χ0v) is 6.26. The smallest absolute Gasteiger partial charge is 0.414 e. The van der Waals surface area contributed by atoms with Gasteiger partial charge in [0.15, 0.2) is 0 Å². The van der Waals surface area contributed by atoms with Crippen LogP contribution < -0.4 is 0 Å². The molecular weight excluding hydrogens is 130 g/mol. The number of nitrogens with zero attached hydrogens (tertiary/aromatic N) is 1. The maximum atomic E-state index is 10.8. The second kappa shape index (κ2) is 2.73. The van der Waals surface area contributed by atoms with E-state index in [0.717, 1.165) is 5.70 Å². The molecule has 1 heterocycles. The third-order valence-electron chi connectivity index (χ3n) is 1.60. The highest BCUT2D eigenvalue weighted by Crippen LogP contribution is 2.10. The SMILES string of the molecule is C/C=C(\C)N1CCOC1=O. The predicted molar refractivity (Wildman–Crippen MR) is 37.5 cm³/mol. The number of amides is 1. The van der Waals surface area contributed by atoms with Gasteiger partial charge in [-0.1, -0.05) is 6.08 Å². The highest BCUT2D eigenvalue weighted by Gasteiger charge is 2.22. The summed E-state index contributed by atoms with van der Waals surface area (Å²) in [5.41, 5.74) is 0.961. The van der Waals surface area contributed by atoms with Crippen LogP contribution in [0.5, 0.6) is 0 Å². The summed E-state index contributed by atoms with van der Waals surface area (Å²) in [5.74, 6) is 0. The fraction of sp³-hybridized carbons (Fsp3) is 0.571. The first-order chi connectivity index (χ1) is 4.75. The monoisotopic (exact) mass is 141 g/mol. The molecule has 0 aromatic carbocycles. The zero-order chi connectivity index (χ0) is 7.56. The largest absolute Gasteiger partial charge is 0.447 e. The van der Waals surface area contributed by atoms with Crippen LogP contribution in [0, 0.1) is 0 Å². The Hall–Kier alpha value is -0.990. The molecule has 0 unspecified atom stereocenters. The van der Waals surface area contributed by atoms with Gasteiger partial charge >= 0.3 is 6.09 Å². The summed E-state index contributed by atoms with van der Waals surface area (Å²) in [7, 11) is 0. The molecule has 3 heteroatoms. The van der Waals surface area contributed by atoms with E-state index in [1.807, 2.05) is 19.9 Å². The first kappa shape index (κ1) is 7.12. The molecular formula is C7H11NO2. The maximum Gasteiger partial charge on any atom is 0.414 e. The van der Waals surface area contributed by atoms with Crippen LogP contribution in [-0.4, -0.2) is 24.1 Å². The van der Waals surface area contributed by atoms with Gasteiger partial charge in [-0.2, -0.15) is 0 Å². The Morgan fingerprint density at radius 1 is 1.80 bits per heavy atom. The van der Waals surface area contributed by atoms with Gasteiger partial charge in [0.05, 0.1) is 6.54 Å². The van der Waals surface area contributed by atoms with Crippen molar-refractivity contribution in [2.24, 2.45) is 0 Å². The number of carbonyl (C=O) groups excluding carboxylic acids is 1. The molecule has 1 aliphatic heterocycles. The summed E-state index contributed by atoms with van der Waals surface area (Å²) in [5, 5.41) is 0. The molecule has 56 valence electrons. The highest BCUT2D eigenvalue weighted by molar-refractivity contribution is 5.71. The summed E-state index contributed by atoms with van der Waals surface area (Å²) < 4.78 is 4.73. The van der Waals surface area contributed by atoms with Crippen molar-refractivity contribution in [3.8, 4) is 0 Å². The van der Waals surface area contributed by atoms with E-state index in [9.17, 15) is 4.79 Å². The first-order valence-electron chi connectivity index (χ1n) is 3.33. The van der Waals surface area contributed by atoms with Crippen LogP contribution in [0.15, 0.2) is 11.8 Å². The van der Waals surface area contributed by atoms with Gasteiger partial charge in [0.1, 0.15) is 6.61 Å². The third kappa shape index (κ3) is 1.12. The van der Waals surface area contributed by atoms with Gasteiger partial charge in [-0.3, -0.25) is 4.90 Å². The molecule has 0 aromatic rings. The Kier molecular flexibility index (Phi) is 1.94. The molecule has 1 amide bonds. The van der Waals surface area contributed by atoms with Crippen LogP contribution in [0.25, 0.3) is 0 Å². The minimum Gasteiger partial charge on any atom is -0.447 e. The molecule has 3 nitrogen and oxygen atoms in total. The molecule has 0 aliphatic carbocycles. The van der Waals surface area contributed by atoms with Crippen molar-refractivity contribution in [1.82, 2.24) is 4.90 Å². The van der Waals surface area contributed by atoms with Crippen molar-refractivity contribution in [2.45, 2.75) is 13.8 Å². The van der Waals surface area contributed by atoms with Crippen molar-refractivity contribution < 1.29 is 9.53 Å². The van der Waals surface area contributed by atoms with Gasteiger partial charge in [-0.05, 0) is 13.8 Å². The molecule has 0 N–H and O–H groups in total.